The van der Waals surface area contributed by atoms with Crippen LogP contribution in [0.3, 0.4) is 0 Å². The second-order valence-corrected chi connectivity index (χ2v) is 2.05. The van der Waals surface area contributed by atoms with E-state index in [9.17, 15) is 22.8 Å². The quantitative estimate of drug-likeness (QED) is 0.653. The van der Waals surface area contributed by atoms with E-state index in [0.717, 1.165) is 0 Å². The highest BCUT2D eigenvalue weighted by Crippen LogP contribution is 2.17. The van der Waals surface area contributed by atoms with Crippen LogP contribution in [0.25, 0.3) is 0 Å². The van der Waals surface area contributed by atoms with Crippen molar-refractivity contribution in [3.63, 3.8) is 0 Å². The Bertz CT molecular complexity index is 188. The van der Waals surface area contributed by atoms with E-state index >= 15 is 0 Å². The Balaban J connectivity index is 3.94. The Labute approximate surface area is 66.9 Å². The van der Waals surface area contributed by atoms with E-state index in [1.807, 2.05) is 0 Å². The van der Waals surface area contributed by atoms with Crippen LogP contribution in [-0.2, 0) is 9.59 Å². The SMILES string of the molecule is CCNC(=O)CC(=O)C(F)(F)F. The summed E-state index contributed by atoms with van der Waals surface area (Å²) in [6, 6.07) is 0. The molecule has 1 N–H and O–H groups in total. The summed E-state index contributed by atoms with van der Waals surface area (Å²) in [5, 5.41) is 2.09. The molecule has 0 rings (SSSR count). The van der Waals surface area contributed by atoms with Gasteiger partial charge in [0.2, 0.25) is 11.7 Å². The molecule has 0 aromatic carbocycles. The van der Waals surface area contributed by atoms with Gasteiger partial charge in [-0.2, -0.15) is 13.2 Å². The third-order valence-electron chi connectivity index (χ3n) is 1.01. The highest BCUT2D eigenvalue weighted by Gasteiger charge is 2.38. The Morgan fingerprint density at radius 2 is 1.83 bits per heavy atom. The number of carbonyl (C=O) groups is 2. The Kier molecular flexibility index (Phi) is 3.72. The lowest BCUT2D eigenvalue weighted by Crippen LogP contribution is -2.31. The summed E-state index contributed by atoms with van der Waals surface area (Å²) in [4.78, 5) is 20.6. The number of rotatable bonds is 3. The number of hydrogen-bond acceptors (Lipinski definition) is 2. The Morgan fingerprint density at radius 1 is 1.33 bits per heavy atom. The summed E-state index contributed by atoms with van der Waals surface area (Å²) in [5.41, 5.74) is 0. The molecule has 0 aliphatic rings. The maximum absolute atomic E-state index is 11.5. The predicted molar refractivity (Wildman–Crippen MR) is 34.4 cm³/mol. The molecule has 0 heterocycles. The first-order valence-corrected chi connectivity index (χ1v) is 3.24. The molecule has 0 saturated carbocycles. The molecule has 0 aliphatic carbocycles. The van der Waals surface area contributed by atoms with Crippen molar-refractivity contribution in [1.29, 1.82) is 0 Å². The third kappa shape index (κ3) is 3.95. The summed E-state index contributed by atoms with van der Waals surface area (Å²) in [6.07, 6.45) is -6.04. The molecule has 0 unspecified atom stereocenters. The first kappa shape index (κ1) is 10.9. The van der Waals surface area contributed by atoms with Crippen molar-refractivity contribution < 1.29 is 22.8 Å². The summed E-state index contributed by atoms with van der Waals surface area (Å²) in [7, 11) is 0. The van der Waals surface area contributed by atoms with Crippen molar-refractivity contribution >= 4 is 11.7 Å². The molecule has 0 saturated heterocycles. The van der Waals surface area contributed by atoms with Crippen LogP contribution in [0.4, 0.5) is 13.2 Å². The number of nitrogens with one attached hydrogen (secondary N) is 1. The maximum Gasteiger partial charge on any atom is 0.450 e. The molecule has 0 radical (unpaired) electrons. The van der Waals surface area contributed by atoms with Gasteiger partial charge in [0.25, 0.3) is 0 Å². The molecule has 1 amide bonds. The summed E-state index contributed by atoms with van der Waals surface area (Å²) >= 11 is 0. The first-order valence-electron chi connectivity index (χ1n) is 3.24. The van der Waals surface area contributed by atoms with Crippen LogP contribution < -0.4 is 5.32 Å². The van der Waals surface area contributed by atoms with Gasteiger partial charge in [0, 0.05) is 6.54 Å². The van der Waals surface area contributed by atoms with E-state index in [2.05, 4.69) is 5.32 Å². The fourth-order valence-electron chi connectivity index (χ4n) is 0.506. The lowest BCUT2D eigenvalue weighted by atomic mass is 10.2. The highest BCUT2D eigenvalue weighted by molar-refractivity contribution is 6.00. The maximum atomic E-state index is 11.5. The van der Waals surface area contributed by atoms with Crippen molar-refractivity contribution in [2.24, 2.45) is 0 Å². The van der Waals surface area contributed by atoms with Gasteiger partial charge in [-0.3, -0.25) is 9.59 Å². The fraction of sp³-hybridized carbons (Fsp3) is 0.667. The van der Waals surface area contributed by atoms with Crippen LogP contribution in [0.15, 0.2) is 0 Å². The average Bonchev–Trinajstić information content (AvgIpc) is 1.85. The molecule has 0 spiro atoms. The second-order valence-electron chi connectivity index (χ2n) is 2.05. The summed E-state index contributed by atoms with van der Waals surface area (Å²) in [6.45, 7) is 1.76. The fourth-order valence-corrected chi connectivity index (χ4v) is 0.506. The predicted octanol–water partition coefficient (Wildman–Crippen LogP) is 0.644. The number of alkyl halides is 3. The zero-order valence-electron chi connectivity index (χ0n) is 6.36. The number of Topliss-reactive ketones (excluding diaryl/α,β-unsaturated/α-hetero) is 1. The number of hydrogen-bond donors (Lipinski definition) is 1. The topological polar surface area (TPSA) is 46.2 Å². The van der Waals surface area contributed by atoms with E-state index in [1.54, 1.807) is 6.92 Å². The van der Waals surface area contributed by atoms with Gasteiger partial charge in [-0.05, 0) is 6.92 Å². The largest absolute Gasteiger partial charge is 0.450 e. The minimum absolute atomic E-state index is 0.212. The van der Waals surface area contributed by atoms with E-state index in [-0.39, 0.29) is 6.54 Å². The van der Waals surface area contributed by atoms with Crippen molar-refractivity contribution in [2.75, 3.05) is 6.54 Å². The third-order valence-corrected chi connectivity index (χ3v) is 1.01. The Morgan fingerprint density at radius 3 is 2.17 bits per heavy atom. The molecule has 6 heteroatoms. The molecular formula is C6H8F3NO2. The lowest BCUT2D eigenvalue weighted by molar-refractivity contribution is -0.172. The minimum Gasteiger partial charge on any atom is -0.356 e. The van der Waals surface area contributed by atoms with Gasteiger partial charge in [0.1, 0.15) is 0 Å². The number of amides is 1. The molecule has 0 aromatic rings. The van der Waals surface area contributed by atoms with Crippen LogP contribution in [0, 0.1) is 0 Å². The second kappa shape index (κ2) is 4.08. The van der Waals surface area contributed by atoms with E-state index < -0.39 is 24.3 Å². The molecule has 0 aliphatic heterocycles. The standard InChI is InChI=1S/C6H8F3NO2/c1-2-10-5(12)3-4(11)6(7,8)9/h2-3H2,1H3,(H,10,12). The minimum atomic E-state index is -4.91. The first-order chi connectivity index (χ1) is 5.38. The van der Waals surface area contributed by atoms with Crippen LogP contribution in [0.2, 0.25) is 0 Å². The van der Waals surface area contributed by atoms with Crippen LogP contribution >= 0.6 is 0 Å². The van der Waals surface area contributed by atoms with Gasteiger partial charge in [-0.15, -0.1) is 0 Å². The van der Waals surface area contributed by atoms with Crippen molar-refractivity contribution in [1.82, 2.24) is 5.32 Å². The van der Waals surface area contributed by atoms with Gasteiger partial charge >= 0.3 is 6.18 Å². The zero-order chi connectivity index (χ0) is 9.78. The monoisotopic (exact) mass is 183 g/mol. The normalized spacial score (nSPS) is 11.0. The zero-order valence-corrected chi connectivity index (χ0v) is 6.36. The van der Waals surface area contributed by atoms with Gasteiger partial charge in [-0.25, -0.2) is 0 Å². The smallest absolute Gasteiger partial charge is 0.356 e. The molecule has 3 nitrogen and oxygen atoms in total. The molecule has 0 fully saturated rings. The van der Waals surface area contributed by atoms with Crippen LogP contribution in [-0.4, -0.2) is 24.4 Å². The molecule has 0 bridgehead atoms. The van der Waals surface area contributed by atoms with Gasteiger partial charge < -0.3 is 5.32 Å². The van der Waals surface area contributed by atoms with Gasteiger partial charge in [0.15, 0.2) is 0 Å². The Hall–Kier alpha value is -1.07. The summed E-state index contributed by atoms with van der Waals surface area (Å²) in [5.74, 6) is -2.92. The van der Waals surface area contributed by atoms with Gasteiger partial charge in [0.05, 0.1) is 6.42 Å². The number of halogens is 3. The molecule has 0 aromatic heterocycles. The number of carbonyl (C=O) groups excluding carboxylic acids is 2. The lowest BCUT2D eigenvalue weighted by Gasteiger charge is -2.04. The average molecular weight is 183 g/mol. The highest BCUT2D eigenvalue weighted by atomic mass is 19.4. The molecule has 70 valence electrons. The van der Waals surface area contributed by atoms with Gasteiger partial charge in [-0.1, -0.05) is 0 Å². The van der Waals surface area contributed by atoms with Crippen molar-refractivity contribution in [3.8, 4) is 0 Å². The summed E-state index contributed by atoms with van der Waals surface area (Å²) < 4.78 is 34.6. The van der Waals surface area contributed by atoms with Crippen molar-refractivity contribution in [3.05, 3.63) is 0 Å². The van der Waals surface area contributed by atoms with E-state index in [0.29, 0.717) is 0 Å². The van der Waals surface area contributed by atoms with E-state index in [4.69, 9.17) is 0 Å². The molecule has 12 heavy (non-hydrogen) atoms. The van der Waals surface area contributed by atoms with Crippen molar-refractivity contribution in [2.45, 2.75) is 19.5 Å². The van der Waals surface area contributed by atoms with E-state index in [1.165, 1.54) is 0 Å². The van der Waals surface area contributed by atoms with Crippen LogP contribution in [0.5, 0.6) is 0 Å². The number of ketones is 1. The molecular weight excluding hydrogens is 175 g/mol. The van der Waals surface area contributed by atoms with Crippen LogP contribution in [0.1, 0.15) is 13.3 Å². The molecule has 0 atom stereocenters.